The summed E-state index contributed by atoms with van der Waals surface area (Å²) in [5.41, 5.74) is 0. The van der Waals surface area contributed by atoms with Crippen molar-refractivity contribution in [3.63, 3.8) is 0 Å². The number of nitrogens with zero attached hydrogens (tertiary/aromatic N) is 3. The number of Topliss-reactive ketones (excluding diaryl/α,β-unsaturated/α-hetero) is 1. The standard InChI is InChI=1S/C15H24N2O4S.C8H11NO.C5H9NO.C4H7O.Na.H2S/c1-3-5-6-7-13(18)16-8-9-17(14(19)4-2)10-11-22-12-15(20)21;1-2-3-4-5-8-9-6-7-10-8;1-2-5-6-3-4-7-5;1-3-4(2)5;;/h1H,4-12H2,2H3,(H,16,18)(H,20,21);1H,3-7H2;2-4H2,1H3;1,3H2,2H3;;1H2/q;;;-1;+1;/p-1. The Labute approximate surface area is 310 Å². The summed E-state index contributed by atoms with van der Waals surface area (Å²) < 4.78 is 10.2. The van der Waals surface area contributed by atoms with E-state index in [0.29, 0.717) is 57.5 Å². The minimum absolute atomic E-state index is 0. The molecule has 0 unspecified atom stereocenters. The first-order valence-electron chi connectivity index (χ1n) is 15.0. The van der Waals surface area contributed by atoms with Gasteiger partial charge in [0.25, 0.3) is 0 Å². The van der Waals surface area contributed by atoms with E-state index >= 15 is 0 Å². The van der Waals surface area contributed by atoms with Crippen LogP contribution in [0.2, 0.25) is 0 Å². The number of hydrogen-bond donors (Lipinski definition) is 2. The number of nitrogens with one attached hydrogen (secondary N) is 1. The van der Waals surface area contributed by atoms with Gasteiger partial charge in [-0.2, -0.15) is 0 Å². The van der Waals surface area contributed by atoms with Gasteiger partial charge in [-0.05, 0) is 19.8 Å². The van der Waals surface area contributed by atoms with Crippen LogP contribution in [0.3, 0.4) is 0 Å². The van der Waals surface area contributed by atoms with E-state index in [4.69, 9.17) is 27.4 Å². The summed E-state index contributed by atoms with van der Waals surface area (Å²) >= 11 is 1.27. The predicted molar refractivity (Wildman–Crippen MR) is 186 cm³/mol. The Morgan fingerprint density at radius 3 is 2.02 bits per heavy atom. The van der Waals surface area contributed by atoms with Gasteiger partial charge < -0.3 is 50.0 Å². The molecule has 14 heteroatoms. The number of thiol groups is 1. The van der Waals surface area contributed by atoms with E-state index in [1.54, 1.807) is 11.8 Å². The van der Waals surface area contributed by atoms with Crippen molar-refractivity contribution in [2.24, 2.45) is 9.98 Å². The van der Waals surface area contributed by atoms with E-state index in [9.17, 15) is 19.2 Å². The Morgan fingerprint density at radius 2 is 1.59 bits per heavy atom. The molecule has 2 aliphatic heterocycles. The van der Waals surface area contributed by atoms with Crippen LogP contribution >= 0.6 is 11.8 Å². The topological polar surface area (TPSA) is 147 Å². The number of carboxylic acid groups (broad SMARTS) is 1. The zero-order valence-corrected chi connectivity index (χ0v) is 31.9. The van der Waals surface area contributed by atoms with Crippen molar-refractivity contribution in [3.05, 3.63) is 6.92 Å². The first kappa shape index (κ1) is 50.7. The fourth-order valence-electron chi connectivity index (χ4n) is 3.15. The SMILES string of the molecule is C#CCCCC(=O)NCCN(CCSCC(=O)O)C(=O)CC.C#CCCCC1=NCCO1.CCC1=NCCO1.[CH2-]CC(C)=O.[Na+].[SH-]. The monoisotopic (exact) mass is 691 g/mol. The number of unbranched alkanes of at least 4 members (excludes halogenated alkanes) is 2. The number of ketones is 1. The van der Waals surface area contributed by atoms with Gasteiger partial charge in [-0.25, -0.2) is 0 Å². The summed E-state index contributed by atoms with van der Waals surface area (Å²) in [4.78, 5) is 53.3. The number of ether oxygens (including phenoxy) is 2. The van der Waals surface area contributed by atoms with Crippen LogP contribution in [-0.4, -0.2) is 103 Å². The van der Waals surface area contributed by atoms with Gasteiger partial charge in [0.05, 0.1) is 24.6 Å². The third-order valence-corrected chi connectivity index (χ3v) is 6.40. The van der Waals surface area contributed by atoms with Crippen LogP contribution < -0.4 is 34.9 Å². The summed E-state index contributed by atoms with van der Waals surface area (Å²) in [6.45, 7) is 13.2. The maximum Gasteiger partial charge on any atom is 1.00 e. The summed E-state index contributed by atoms with van der Waals surface area (Å²) in [5, 5.41) is 11.3. The molecule has 0 radical (unpaired) electrons. The molecule has 0 atom stereocenters. The number of thioether (sulfide) groups is 1. The zero-order chi connectivity index (χ0) is 33.4. The Balaban J connectivity index is -0.000000300. The van der Waals surface area contributed by atoms with Crippen LogP contribution in [0.25, 0.3) is 0 Å². The molecule has 2 heterocycles. The maximum absolute atomic E-state index is 11.8. The molecule has 2 rings (SSSR count). The molecule has 0 aliphatic carbocycles. The number of hydrogen-bond acceptors (Lipinski definition) is 10. The van der Waals surface area contributed by atoms with Gasteiger partial charge in [0.2, 0.25) is 11.8 Å². The first-order valence-corrected chi connectivity index (χ1v) is 16.1. The van der Waals surface area contributed by atoms with Crippen LogP contribution in [0.15, 0.2) is 9.98 Å². The molecule has 2 aliphatic rings. The maximum atomic E-state index is 11.8. The number of carboxylic acids is 1. The van der Waals surface area contributed by atoms with Gasteiger partial charge in [0.15, 0.2) is 11.8 Å². The third-order valence-electron chi connectivity index (χ3n) is 5.48. The van der Waals surface area contributed by atoms with Crippen LogP contribution in [0.5, 0.6) is 0 Å². The molecule has 0 aromatic rings. The molecule has 2 amide bonds. The molecule has 2 N–H and O–H groups in total. The zero-order valence-electron chi connectivity index (χ0n) is 28.2. The number of carbonyl (C=O) groups is 4. The van der Waals surface area contributed by atoms with Crippen LogP contribution in [0, 0.1) is 31.6 Å². The first-order chi connectivity index (χ1) is 21.1. The Bertz CT molecular complexity index is 982. The third kappa shape index (κ3) is 34.7. The van der Waals surface area contributed by atoms with Gasteiger partial charge in [-0.1, -0.05) is 13.8 Å². The van der Waals surface area contributed by atoms with Crippen molar-refractivity contribution < 1.29 is 63.3 Å². The predicted octanol–water partition coefficient (Wildman–Crippen LogP) is 0.540. The van der Waals surface area contributed by atoms with E-state index in [0.717, 1.165) is 63.8 Å². The average molecular weight is 692 g/mol. The summed E-state index contributed by atoms with van der Waals surface area (Å²) in [6, 6.07) is 0. The molecule has 0 saturated heterocycles. The number of rotatable bonds is 17. The summed E-state index contributed by atoms with van der Waals surface area (Å²) in [5.74, 6) is 6.66. The molecule has 46 heavy (non-hydrogen) atoms. The molecule has 11 nitrogen and oxygen atoms in total. The fraction of sp³-hybridized carbons (Fsp3) is 0.656. The Hall–Kier alpha value is -2.16. The molecule has 0 fully saturated rings. The van der Waals surface area contributed by atoms with Crippen LogP contribution in [-0.2, 0) is 42.1 Å². The summed E-state index contributed by atoms with van der Waals surface area (Å²) in [7, 11) is 0. The van der Waals surface area contributed by atoms with Crippen LogP contribution in [0.4, 0.5) is 0 Å². The minimum atomic E-state index is -0.863. The molecule has 0 aromatic heterocycles. The van der Waals surface area contributed by atoms with E-state index < -0.39 is 5.97 Å². The molecule has 0 saturated carbocycles. The number of aliphatic carboxylic acids is 1. The summed E-state index contributed by atoms with van der Waals surface area (Å²) in [6.07, 6.45) is 16.3. The average Bonchev–Trinajstić information content (AvgIpc) is 3.74. The second kappa shape index (κ2) is 37.3. The molecular weight excluding hydrogens is 639 g/mol. The number of terminal acetylenes is 2. The van der Waals surface area contributed by atoms with E-state index in [-0.39, 0.29) is 66.4 Å². The van der Waals surface area contributed by atoms with Crippen molar-refractivity contribution in [1.29, 1.82) is 0 Å². The molecule has 0 aromatic carbocycles. The largest absolute Gasteiger partial charge is 1.00 e. The normalized spacial score (nSPS) is 11.8. The van der Waals surface area contributed by atoms with Crippen molar-refractivity contribution in [2.75, 3.05) is 57.4 Å². The Morgan fingerprint density at radius 1 is 1.02 bits per heavy atom. The van der Waals surface area contributed by atoms with Gasteiger partial charge in [0, 0.05) is 63.9 Å². The fourth-order valence-corrected chi connectivity index (χ4v) is 3.82. The Kier molecular flexibility index (Phi) is 41.1. The van der Waals surface area contributed by atoms with Gasteiger partial charge in [-0.3, -0.25) is 24.4 Å². The number of aliphatic imine (C=N–C) groups is 2. The van der Waals surface area contributed by atoms with Crippen molar-refractivity contribution in [2.45, 2.75) is 78.6 Å². The molecule has 256 valence electrons. The van der Waals surface area contributed by atoms with Gasteiger partial charge in [0.1, 0.15) is 13.2 Å². The minimum Gasteiger partial charge on any atom is -0.813 e. The van der Waals surface area contributed by atoms with E-state index in [2.05, 4.69) is 34.1 Å². The van der Waals surface area contributed by atoms with Crippen LogP contribution in [0.1, 0.15) is 78.6 Å². The van der Waals surface area contributed by atoms with Crippen molar-refractivity contribution >= 4 is 60.6 Å². The van der Waals surface area contributed by atoms with Crippen molar-refractivity contribution in [1.82, 2.24) is 10.2 Å². The van der Waals surface area contributed by atoms with Crippen molar-refractivity contribution in [3.8, 4) is 24.7 Å². The quantitative estimate of drug-likeness (QED) is 0.0558. The number of carbonyl (C=O) groups excluding carboxylic acids is 3. The molecule has 0 spiro atoms. The van der Waals surface area contributed by atoms with E-state index in [1.807, 2.05) is 6.92 Å². The smallest absolute Gasteiger partial charge is 0.813 e. The van der Waals surface area contributed by atoms with Gasteiger partial charge in [-0.15, -0.1) is 42.9 Å². The molecular formula is C32H52N4NaO7S2-. The second-order valence-electron chi connectivity index (χ2n) is 9.20. The second-order valence-corrected chi connectivity index (χ2v) is 10.3. The van der Waals surface area contributed by atoms with Gasteiger partial charge >= 0.3 is 35.5 Å². The molecule has 0 bridgehead atoms. The van der Waals surface area contributed by atoms with E-state index in [1.165, 1.54) is 18.7 Å². The number of amides is 2.